The van der Waals surface area contributed by atoms with E-state index in [1.165, 1.54) is 6.07 Å². The lowest BCUT2D eigenvalue weighted by Crippen LogP contribution is -2.40. The van der Waals surface area contributed by atoms with E-state index in [4.69, 9.17) is 16.3 Å². The van der Waals surface area contributed by atoms with Crippen molar-refractivity contribution in [3.05, 3.63) is 58.4 Å². The van der Waals surface area contributed by atoms with Crippen molar-refractivity contribution in [2.45, 2.75) is 43.5 Å². The first-order valence-electron chi connectivity index (χ1n) is 10.3. The first-order chi connectivity index (χ1) is 15.1. The fourth-order valence-electron chi connectivity index (χ4n) is 3.76. The number of nitrogens with zero attached hydrogens (tertiary/aromatic N) is 2. The van der Waals surface area contributed by atoms with Gasteiger partial charge in [0.05, 0.1) is 28.3 Å². The van der Waals surface area contributed by atoms with Crippen molar-refractivity contribution < 1.29 is 17.5 Å². The predicted molar refractivity (Wildman–Crippen MR) is 123 cm³/mol. The van der Waals surface area contributed by atoms with Gasteiger partial charge >= 0.3 is 0 Å². The molecule has 0 saturated carbocycles. The number of hydrogen-bond acceptors (Lipinski definition) is 6. The molecule has 2 aromatic rings. The molecule has 4 rings (SSSR count). The summed E-state index contributed by atoms with van der Waals surface area (Å²) in [5, 5.41) is 4.21. The summed E-state index contributed by atoms with van der Waals surface area (Å²) in [6.45, 7) is 7.78. The third-order valence-electron chi connectivity index (χ3n) is 5.62. The van der Waals surface area contributed by atoms with E-state index in [-0.39, 0.29) is 27.1 Å². The molecule has 1 atom stereocenters. The number of halogens is 2. The van der Waals surface area contributed by atoms with Crippen LogP contribution in [-0.2, 0) is 20.2 Å². The Balaban J connectivity index is 1.68. The highest BCUT2D eigenvalue weighted by molar-refractivity contribution is 7.92. The summed E-state index contributed by atoms with van der Waals surface area (Å²) in [5.41, 5.74) is 4.28. The Morgan fingerprint density at radius 2 is 1.97 bits per heavy atom. The molecule has 2 aliphatic heterocycles. The molecule has 32 heavy (non-hydrogen) atoms. The van der Waals surface area contributed by atoms with Gasteiger partial charge in [0.25, 0.3) is 10.0 Å². The number of anilines is 1. The van der Waals surface area contributed by atoms with E-state index in [0.717, 1.165) is 18.1 Å². The van der Waals surface area contributed by atoms with Crippen molar-refractivity contribution in [2.24, 2.45) is 5.10 Å². The summed E-state index contributed by atoms with van der Waals surface area (Å²) in [4.78, 5) is 2.06. The Morgan fingerprint density at radius 3 is 2.59 bits per heavy atom. The minimum Gasteiger partial charge on any atom is -0.379 e. The number of benzene rings is 2. The highest BCUT2D eigenvalue weighted by Crippen LogP contribution is 2.31. The number of hydrazone groups is 1. The number of hydrogen-bond donors (Lipinski definition) is 2. The van der Waals surface area contributed by atoms with Gasteiger partial charge < -0.3 is 9.64 Å². The Morgan fingerprint density at radius 1 is 1.25 bits per heavy atom. The van der Waals surface area contributed by atoms with Gasteiger partial charge in [-0.15, -0.1) is 0 Å². The van der Waals surface area contributed by atoms with Crippen LogP contribution in [-0.4, -0.2) is 45.1 Å². The van der Waals surface area contributed by atoms with Crippen molar-refractivity contribution in [1.82, 2.24) is 10.3 Å². The molecule has 0 aromatic heterocycles. The van der Waals surface area contributed by atoms with Gasteiger partial charge in [-0.1, -0.05) is 44.5 Å². The van der Waals surface area contributed by atoms with E-state index in [0.29, 0.717) is 31.3 Å². The van der Waals surface area contributed by atoms with Crippen molar-refractivity contribution >= 4 is 33.1 Å². The minimum atomic E-state index is -3.97. The van der Waals surface area contributed by atoms with E-state index in [1.54, 1.807) is 24.3 Å². The Bertz CT molecular complexity index is 1140. The van der Waals surface area contributed by atoms with Crippen LogP contribution >= 0.6 is 11.6 Å². The van der Waals surface area contributed by atoms with Crippen LogP contribution in [0.3, 0.4) is 0 Å². The molecule has 2 aromatic carbocycles. The zero-order valence-electron chi connectivity index (χ0n) is 18.2. The average Bonchev–Trinajstić information content (AvgIpc) is 3.41. The third kappa shape index (κ3) is 4.55. The molecule has 0 aliphatic carbocycles. The summed E-state index contributed by atoms with van der Waals surface area (Å²) < 4.78 is 48.6. The zero-order valence-corrected chi connectivity index (χ0v) is 19.7. The molecule has 2 aliphatic rings. The van der Waals surface area contributed by atoms with Crippen LogP contribution in [0.1, 0.15) is 38.3 Å². The van der Waals surface area contributed by atoms with E-state index in [9.17, 15) is 12.8 Å². The van der Waals surface area contributed by atoms with E-state index in [2.05, 4.69) is 36.0 Å². The molecule has 0 amide bonds. The Hall–Kier alpha value is -2.36. The Kier molecular flexibility index (Phi) is 6.08. The van der Waals surface area contributed by atoms with Gasteiger partial charge in [0.15, 0.2) is 5.84 Å². The topological polar surface area (TPSA) is 83.0 Å². The molecule has 0 radical (unpaired) electrons. The number of amidine groups is 1. The van der Waals surface area contributed by atoms with Crippen LogP contribution in [0, 0.1) is 5.82 Å². The standard InChI is InChI=1S/C22H26ClFN4O3S/c1-22(2,3)14-4-6-16(7-5-14)32(29,30)27-20-11-19(24)18(23)10-17(20)21-26-25-13-28(21)15-8-9-31-12-15/h4-7,10-11,15,25,27H,8-9,12-13H2,1-3H3/t15-/m1/s1. The predicted octanol–water partition coefficient (Wildman–Crippen LogP) is 3.89. The van der Waals surface area contributed by atoms with E-state index >= 15 is 0 Å². The van der Waals surface area contributed by atoms with Gasteiger partial charge in [0.2, 0.25) is 0 Å². The molecule has 10 heteroatoms. The fraction of sp³-hybridized carbons (Fsp3) is 0.409. The fourth-order valence-corrected chi connectivity index (χ4v) is 5.00. The molecular weight excluding hydrogens is 455 g/mol. The van der Waals surface area contributed by atoms with Gasteiger partial charge in [-0.05, 0) is 35.6 Å². The van der Waals surface area contributed by atoms with Gasteiger partial charge in [0.1, 0.15) is 12.5 Å². The smallest absolute Gasteiger partial charge is 0.261 e. The van der Waals surface area contributed by atoms with Gasteiger partial charge in [0, 0.05) is 18.2 Å². The molecular formula is C22H26ClFN4O3S. The minimum absolute atomic E-state index is 0.0677. The zero-order chi connectivity index (χ0) is 23.1. The van der Waals surface area contributed by atoms with Crippen LogP contribution in [0.15, 0.2) is 46.4 Å². The van der Waals surface area contributed by atoms with Gasteiger partial charge in [-0.25, -0.2) is 12.8 Å². The van der Waals surface area contributed by atoms with E-state index < -0.39 is 15.8 Å². The molecule has 7 nitrogen and oxygen atoms in total. The first-order valence-corrected chi connectivity index (χ1v) is 12.2. The second-order valence-electron chi connectivity index (χ2n) is 8.93. The number of nitrogens with one attached hydrogen (secondary N) is 2. The normalized spacial score (nSPS) is 19.1. The van der Waals surface area contributed by atoms with Gasteiger partial charge in [-0.2, -0.15) is 5.10 Å². The lowest BCUT2D eigenvalue weighted by molar-refractivity contribution is 0.175. The number of rotatable bonds is 5. The lowest BCUT2D eigenvalue weighted by atomic mass is 9.87. The molecule has 1 saturated heterocycles. The second-order valence-corrected chi connectivity index (χ2v) is 11.0. The Labute approximate surface area is 192 Å². The van der Waals surface area contributed by atoms with E-state index in [1.807, 2.05) is 4.90 Å². The SMILES string of the molecule is CC(C)(C)c1ccc(S(=O)(=O)Nc2cc(F)c(Cl)cc2C2=NNCN2[C@@H]2CCOC2)cc1. The third-order valence-corrected chi connectivity index (χ3v) is 7.29. The van der Waals surface area contributed by atoms with Crippen LogP contribution in [0.25, 0.3) is 0 Å². The molecule has 0 bridgehead atoms. The van der Waals surface area contributed by atoms with Crippen molar-refractivity contribution in [3.63, 3.8) is 0 Å². The molecule has 0 unspecified atom stereocenters. The number of ether oxygens (including phenoxy) is 1. The molecule has 1 fully saturated rings. The highest BCUT2D eigenvalue weighted by Gasteiger charge is 2.32. The van der Waals surface area contributed by atoms with Crippen LogP contribution in [0.5, 0.6) is 0 Å². The maximum absolute atomic E-state index is 14.4. The summed E-state index contributed by atoms with van der Waals surface area (Å²) in [7, 11) is -3.97. The van der Waals surface area contributed by atoms with Crippen LogP contribution in [0.4, 0.5) is 10.1 Å². The molecule has 172 valence electrons. The average molecular weight is 481 g/mol. The van der Waals surface area contributed by atoms with Crippen molar-refractivity contribution in [3.8, 4) is 0 Å². The van der Waals surface area contributed by atoms with Gasteiger partial charge in [-0.3, -0.25) is 10.1 Å². The second kappa shape index (κ2) is 8.53. The van der Waals surface area contributed by atoms with Crippen LogP contribution in [0.2, 0.25) is 5.02 Å². The van der Waals surface area contributed by atoms with Crippen molar-refractivity contribution in [2.75, 3.05) is 24.6 Å². The molecule has 0 spiro atoms. The number of sulfonamides is 1. The summed E-state index contributed by atoms with van der Waals surface area (Å²) in [6.07, 6.45) is 0.816. The summed E-state index contributed by atoms with van der Waals surface area (Å²) >= 11 is 6.05. The monoisotopic (exact) mass is 480 g/mol. The largest absolute Gasteiger partial charge is 0.379 e. The molecule has 2 N–H and O–H groups in total. The van der Waals surface area contributed by atoms with Crippen LogP contribution < -0.4 is 10.1 Å². The first kappa shape index (κ1) is 22.8. The quantitative estimate of drug-likeness (QED) is 0.678. The maximum atomic E-state index is 14.4. The maximum Gasteiger partial charge on any atom is 0.261 e. The summed E-state index contributed by atoms with van der Waals surface area (Å²) in [6, 6.07) is 9.23. The highest BCUT2D eigenvalue weighted by atomic mass is 35.5. The van der Waals surface area contributed by atoms with Crippen molar-refractivity contribution in [1.29, 1.82) is 0 Å². The molecule has 2 heterocycles. The summed E-state index contributed by atoms with van der Waals surface area (Å²) in [5.74, 6) is -0.235. The lowest BCUT2D eigenvalue weighted by Gasteiger charge is -2.26.